The fraction of sp³-hybridized carbons (Fsp3) is 0.393. The molecule has 0 spiro atoms. The molecule has 1 aromatic heterocycles. The molecule has 0 bridgehead atoms. The van der Waals surface area contributed by atoms with Gasteiger partial charge in [-0.1, -0.05) is 89.1 Å². The van der Waals surface area contributed by atoms with Crippen molar-refractivity contribution in [3.8, 4) is 11.1 Å². The highest BCUT2D eigenvalue weighted by Crippen LogP contribution is 2.37. The van der Waals surface area contributed by atoms with Crippen LogP contribution in [0.2, 0.25) is 0 Å². The Morgan fingerprint density at radius 2 is 1.78 bits per heavy atom. The summed E-state index contributed by atoms with van der Waals surface area (Å²) in [6.45, 7) is 8.00. The third-order valence-corrected chi connectivity index (χ3v) is 5.86. The molecule has 0 fully saturated rings. The highest BCUT2D eigenvalue weighted by Gasteiger charge is 2.33. The topological polar surface area (TPSA) is 105 Å². The molecule has 192 valence electrons. The lowest BCUT2D eigenvalue weighted by molar-refractivity contribution is -0.126. The van der Waals surface area contributed by atoms with Crippen molar-refractivity contribution in [2.45, 2.75) is 65.2 Å². The lowest BCUT2D eigenvalue weighted by Crippen LogP contribution is -2.50. The first-order chi connectivity index (χ1) is 17.2. The van der Waals surface area contributed by atoms with Crippen LogP contribution in [-0.4, -0.2) is 39.1 Å². The summed E-state index contributed by atoms with van der Waals surface area (Å²) in [6, 6.07) is 18.8. The van der Waals surface area contributed by atoms with Gasteiger partial charge in [-0.2, -0.15) is 9.89 Å². The number of benzene rings is 2. The lowest BCUT2D eigenvalue weighted by atomic mass is 9.84. The zero-order chi connectivity index (χ0) is 26.1. The van der Waals surface area contributed by atoms with E-state index < -0.39 is 35.7 Å². The molecule has 2 aromatic carbocycles. The number of aliphatic hydroxyl groups excluding tert-OH is 1. The van der Waals surface area contributed by atoms with Gasteiger partial charge in [-0.3, -0.25) is 4.79 Å². The van der Waals surface area contributed by atoms with E-state index in [1.807, 2.05) is 82.3 Å². The minimum absolute atomic E-state index is 0.401. The summed E-state index contributed by atoms with van der Waals surface area (Å²) in [4.78, 5) is 26.8. The fourth-order valence-electron chi connectivity index (χ4n) is 3.98. The van der Waals surface area contributed by atoms with Gasteiger partial charge in [-0.05, 0) is 35.2 Å². The number of carbonyl (C=O) groups excluding carboxylic acids is 2. The molecule has 1 unspecified atom stereocenters. The van der Waals surface area contributed by atoms with Crippen LogP contribution in [0.5, 0.6) is 0 Å². The van der Waals surface area contributed by atoms with E-state index in [1.54, 1.807) is 12.3 Å². The third-order valence-electron chi connectivity index (χ3n) is 5.86. The Morgan fingerprint density at radius 3 is 2.42 bits per heavy atom. The Balaban J connectivity index is 1.75. The monoisotopic (exact) mass is 492 g/mol. The first kappa shape index (κ1) is 26.9. The van der Waals surface area contributed by atoms with E-state index in [4.69, 9.17) is 4.74 Å². The van der Waals surface area contributed by atoms with Crippen molar-refractivity contribution in [3.63, 3.8) is 0 Å². The minimum Gasteiger partial charge on any atom is -0.441 e. The second-order valence-electron chi connectivity index (χ2n) is 9.91. The van der Waals surface area contributed by atoms with Crippen LogP contribution in [-0.2, 0) is 9.53 Å². The van der Waals surface area contributed by atoms with E-state index in [1.165, 1.54) is 11.0 Å². The van der Waals surface area contributed by atoms with Gasteiger partial charge in [0.15, 0.2) is 6.10 Å². The van der Waals surface area contributed by atoms with E-state index in [-0.39, 0.29) is 0 Å². The Labute approximate surface area is 212 Å². The van der Waals surface area contributed by atoms with Crippen LogP contribution in [0.1, 0.15) is 58.6 Å². The predicted molar refractivity (Wildman–Crippen MR) is 140 cm³/mol. The highest BCUT2D eigenvalue weighted by atomic mass is 16.6. The van der Waals surface area contributed by atoms with E-state index in [9.17, 15) is 14.7 Å². The Bertz CT molecular complexity index is 1110. The second-order valence-corrected chi connectivity index (χ2v) is 9.91. The first-order valence-corrected chi connectivity index (χ1v) is 12.3. The van der Waals surface area contributed by atoms with Gasteiger partial charge >= 0.3 is 6.09 Å². The quantitative estimate of drug-likeness (QED) is 0.367. The summed E-state index contributed by atoms with van der Waals surface area (Å²) in [5.74, 6) is -0.664. The number of aliphatic hydroxyl groups is 1. The van der Waals surface area contributed by atoms with Crippen molar-refractivity contribution in [1.82, 2.24) is 15.2 Å². The number of aromatic nitrogens is 2. The van der Waals surface area contributed by atoms with Crippen molar-refractivity contribution in [2.75, 3.05) is 5.43 Å². The van der Waals surface area contributed by atoms with E-state index >= 15 is 0 Å². The molecule has 36 heavy (non-hydrogen) atoms. The number of rotatable bonds is 10. The summed E-state index contributed by atoms with van der Waals surface area (Å²) in [5, 5.41) is 17.3. The molecular weight excluding hydrogens is 456 g/mol. The van der Waals surface area contributed by atoms with Crippen molar-refractivity contribution >= 4 is 12.0 Å². The number of alkyl carbamates (subject to hydrolysis) is 1. The van der Waals surface area contributed by atoms with E-state index in [2.05, 4.69) is 15.8 Å². The molecular formula is C28H36N4O4. The maximum Gasteiger partial charge on any atom is 0.408 e. The number of ether oxygens (including phenoxy) is 1. The van der Waals surface area contributed by atoms with Gasteiger partial charge < -0.3 is 15.2 Å². The van der Waals surface area contributed by atoms with Crippen LogP contribution < -0.4 is 10.7 Å². The molecule has 0 aliphatic heterocycles. The highest BCUT2D eigenvalue weighted by molar-refractivity contribution is 5.88. The number of hydrogen-bond donors (Lipinski definition) is 3. The Hall–Kier alpha value is -3.65. The number of nitrogens with zero attached hydrogens (tertiary/aromatic N) is 2. The zero-order valence-corrected chi connectivity index (χ0v) is 21.3. The van der Waals surface area contributed by atoms with Crippen molar-refractivity contribution < 1.29 is 19.4 Å². The predicted octanol–water partition coefficient (Wildman–Crippen LogP) is 5.05. The van der Waals surface area contributed by atoms with Gasteiger partial charge in [0, 0.05) is 11.6 Å². The van der Waals surface area contributed by atoms with Gasteiger partial charge in [-0.25, -0.2) is 10.2 Å². The van der Waals surface area contributed by atoms with Crippen molar-refractivity contribution in [1.29, 1.82) is 0 Å². The molecule has 3 aromatic rings. The van der Waals surface area contributed by atoms with E-state index in [0.29, 0.717) is 6.42 Å². The smallest absolute Gasteiger partial charge is 0.408 e. The summed E-state index contributed by atoms with van der Waals surface area (Å²) in [5.41, 5.74) is 5.05. The van der Waals surface area contributed by atoms with Crippen LogP contribution in [0.25, 0.3) is 11.1 Å². The summed E-state index contributed by atoms with van der Waals surface area (Å²) in [7, 11) is 0. The summed E-state index contributed by atoms with van der Waals surface area (Å²) < 4.78 is 5.93. The first-order valence-electron chi connectivity index (χ1n) is 12.3. The molecule has 3 N–H and O–H groups in total. The molecule has 8 heteroatoms. The molecule has 0 aliphatic carbocycles. The average Bonchev–Trinajstić information content (AvgIpc) is 3.37. The van der Waals surface area contributed by atoms with Crippen LogP contribution in [0, 0.1) is 5.41 Å². The number of hydrogen-bond acceptors (Lipinski definition) is 5. The van der Waals surface area contributed by atoms with Crippen LogP contribution in [0.15, 0.2) is 73.1 Å². The molecule has 3 atom stereocenters. The van der Waals surface area contributed by atoms with Gasteiger partial charge in [0.2, 0.25) is 0 Å². The van der Waals surface area contributed by atoms with Gasteiger partial charge in [-0.15, -0.1) is 0 Å². The lowest BCUT2D eigenvalue weighted by Gasteiger charge is -2.32. The molecule has 2 amide bonds. The summed E-state index contributed by atoms with van der Waals surface area (Å²) >= 11 is 0. The number of amides is 2. The summed E-state index contributed by atoms with van der Waals surface area (Å²) in [6.07, 6.45) is 2.33. The standard InChI is InChI=1S/C28H36N4O4/c1-5-6-16-23(24(33)26(34)31-32-18-11-17-29-32)30-27(35)36-25(28(2,3)4)22-15-10-14-21(19-22)20-12-8-7-9-13-20/h7-15,17-19,23-25,33H,5-6,16H2,1-4H3,(H,30,35)(H,31,34)/t23-,24+,25?/m0/s1. The Morgan fingerprint density at radius 1 is 1.06 bits per heavy atom. The molecule has 8 nitrogen and oxygen atoms in total. The largest absolute Gasteiger partial charge is 0.441 e. The number of carbonyl (C=O) groups is 2. The average molecular weight is 493 g/mol. The fourth-order valence-corrected chi connectivity index (χ4v) is 3.98. The van der Waals surface area contributed by atoms with Crippen LogP contribution in [0.3, 0.4) is 0 Å². The van der Waals surface area contributed by atoms with E-state index in [0.717, 1.165) is 29.5 Å². The van der Waals surface area contributed by atoms with Crippen LogP contribution >= 0.6 is 0 Å². The molecule has 3 rings (SSSR count). The SMILES string of the molecule is CCCC[C@H](NC(=O)OC(c1cccc(-c2ccccc2)c1)C(C)(C)C)[C@@H](O)C(=O)Nn1cccn1. The molecule has 0 saturated heterocycles. The number of unbranched alkanes of at least 4 members (excludes halogenated alkanes) is 1. The van der Waals surface area contributed by atoms with Crippen molar-refractivity contribution in [2.24, 2.45) is 5.41 Å². The third kappa shape index (κ3) is 7.42. The van der Waals surface area contributed by atoms with Gasteiger partial charge in [0.1, 0.15) is 6.10 Å². The van der Waals surface area contributed by atoms with Gasteiger partial charge in [0.05, 0.1) is 12.2 Å². The van der Waals surface area contributed by atoms with Crippen molar-refractivity contribution in [3.05, 3.63) is 78.6 Å². The molecule has 0 saturated carbocycles. The zero-order valence-electron chi connectivity index (χ0n) is 21.3. The maximum atomic E-state index is 13.1. The Kier molecular flexibility index (Phi) is 9.25. The van der Waals surface area contributed by atoms with Crippen LogP contribution in [0.4, 0.5) is 4.79 Å². The molecule has 0 radical (unpaired) electrons. The molecule has 0 aliphatic rings. The minimum atomic E-state index is -1.47. The normalized spacial score (nSPS) is 13.9. The number of nitrogens with one attached hydrogen (secondary N) is 2. The van der Waals surface area contributed by atoms with Gasteiger partial charge in [0.25, 0.3) is 5.91 Å². The maximum absolute atomic E-state index is 13.1. The molecule has 1 heterocycles. The second kappa shape index (κ2) is 12.4.